The monoisotopic (exact) mass is 448 g/mol. The number of rotatable bonds is 7. The first-order valence-corrected chi connectivity index (χ1v) is 7.67. The Hall–Kier alpha value is -1.35. The van der Waals surface area contributed by atoms with Crippen LogP contribution in [0.3, 0.4) is 0 Å². The molecule has 0 atom stereocenters. The summed E-state index contributed by atoms with van der Waals surface area (Å²) in [6, 6.07) is 7.79. The molecule has 0 saturated carbocycles. The molecule has 2 aromatic rings. The van der Waals surface area contributed by atoms with E-state index in [1.807, 2.05) is 28.8 Å². The first kappa shape index (κ1) is 19.7. The van der Waals surface area contributed by atoms with Crippen molar-refractivity contribution < 1.29 is 0 Å². The Morgan fingerprint density at radius 2 is 2.00 bits per heavy atom. The molecule has 0 amide bonds. The van der Waals surface area contributed by atoms with Crippen molar-refractivity contribution in [1.29, 1.82) is 0 Å². The van der Waals surface area contributed by atoms with Gasteiger partial charge in [-0.3, -0.25) is 4.99 Å². The highest BCUT2D eigenvalue weighted by molar-refractivity contribution is 14.0. The van der Waals surface area contributed by atoms with Gasteiger partial charge in [0.25, 0.3) is 0 Å². The Morgan fingerprint density at radius 1 is 1.22 bits per heavy atom. The third kappa shape index (κ3) is 7.65. The quantitative estimate of drug-likeness (QED) is 0.296. The molecule has 0 spiro atoms. The molecular formula is C15H22ClIN6. The van der Waals surface area contributed by atoms with E-state index in [9.17, 15) is 0 Å². The van der Waals surface area contributed by atoms with Crippen molar-refractivity contribution in [3.8, 4) is 0 Å². The van der Waals surface area contributed by atoms with Crippen LogP contribution in [0.4, 0.5) is 0 Å². The van der Waals surface area contributed by atoms with E-state index in [4.69, 9.17) is 11.6 Å². The normalized spacial score (nSPS) is 11.0. The summed E-state index contributed by atoms with van der Waals surface area (Å²) in [5.74, 6) is 0.796. The molecular weight excluding hydrogens is 427 g/mol. The van der Waals surface area contributed by atoms with Gasteiger partial charge in [-0.05, 0) is 30.5 Å². The van der Waals surface area contributed by atoms with Crippen LogP contribution in [0.5, 0.6) is 0 Å². The standard InChI is InChI=1S/C15H21ClN6.HI/c1-17-15(19-10-13-5-4-6-14(16)9-13)18-7-2-3-8-22-11-20-21-12-22;/h4-6,9,11-12H,2-3,7-8,10H2,1H3,(H2,17,18,19);1H. The highest BCUT2D eigenvalue weighted by Gasteiger charge is 1.99. The number of benzene rings is 1. The number of aryl methyl sites for hydroxylation is 1. The van der Waals surface area contributed by atoms with E-state index in [2.05, 4.69) is 25.8 Å². The van der Waals surface area contributed by atoms with E-state index in [1.54, 1.807) is 19.7 Å². The van der Waals surface area contributed by atoms with Gasteiger partial charge in [-0.25, -0.2) is 0 Å². The second-order valence-electron chi connectivity index (χ2n) is 4.89. The molecule has 23 heavy (non-hydrogen) atoms. The number of nitrogens with one attached hydrogen (secondary N) is 2. The molecule has 0 aliphatic heterocycles. The summed E-state index contributed by atoms with van der Waals surface area (Å²) in [6.45, 7) is 2.50. The van der Waals surface area contributed by atoms with Crippen LogP contribution >= 0.6 is 35.6 Å². The van der Waals surface area contributed by atoms with Gasteiger partial charge < -0.3 is 15.2 Å². The van der Waals surface area contributed by atoms with E-state index in [1.165, 1.54) is 0 Å². The molecule has 126 valence electrons. The van der Waals surface area contributed by atoms with Crippen LogP contribution in [0, 0.1) is 0 Å². The number of hydrogen-bond acceptors (Lipinski definition) is 3. The second-order valence-corrected chi connectivity index (χ2v) is 5.33. The Balaban J connectivity index is 0.00000264. The Labute approximate surface area is 158 Å². The van der Waals surface area contributed by atoms with Crippen molar-refractivity contribution in [2.75, 3.05) is 13.6 Å². The molecule has 2 rings (SSSR count). The SMILES string of the molecule is CN=C(NCCCCn1cnnc1)NCc1cccc(Cl)c1.I. The van der Waals surface area contributed by atoms with Crippen molar-refractivity contribution in [3.05, 3.63) is 47.5 Å². The number of unbranched alkanes of at least 4 members (excludes halogenated alkanes) is 1. The van der Waals surface area contributed by atoms with E-state index in [0.717, 1.165) is 42.5 Å². The van der Waals surface area contributed by atoms with E-state index in [0.29, 0.717) is 6.54 Å². The molecule has 1 heterocycles. The molecule has 0 radical (unpaired) electrons. The van der Waals surface area contributed by atoms with Crippen LogP contribution in [-0.4, -0.2) is 34.3 Å². The minimum Gasteiger partial charge on any atom is -0.356 e. The lowest BCUT2D eigenvalue weighted by atomic mass is 10.2. The van der Waals surface area contributed by atoms with Gasteiger partial charge in [-0.1, -0.05) is 23.7 Å². The number of aliphatic imine (C=N–C) groups is 1. The lowest BCUT2D eigenvalue weighted by Crippen LogP contribution is -2.37. The third-order valence-corrected chi connectivity index (χ3v) is 3.41. The molecule has 0 aliphatic rings. The van der Waals surface area contributed by atoms with Crippen molar-refractivity contribution in [2.24, 2.45) is 4.99 Å². The van der Waals surface area contributed by atoms with Crippen LogP contribution in [-0.2, 0) is 13.1 Å². The summed E-state index contributed by atoms with van der Waals surface area (Å²) in [5, 5.41) is 14.9. The molecule has 1 aromatic heterocycles. The zero-order valence-corrected chi connectivity index (χ0v) is 16.2. The molecule has 6 nitrogen and oxygen atoms in total. The summed E-state index contributed by atoms with van der Waals surface area (Å²) in [5.41, 5.74) is 1.13. The number of guanidine groups is 1. The zero-order valence-electron chi connectivity index (χ0n) is 13.1. The van der Waals surface area contributed by atoms with Gasteiger partial charge in [0.15, 0.2) is 5.96 Å². The average Bonchev–Trinajstić information content (AvgIpc) is 3.03. The summed E-state index contributed by atoms with van der Waals surface area (Å²) >= 11 is 5.97. The molecule has 2 N–H and O–H groups in total. The van der Waals surface area contributed by atoms with Crippen molar-refractivity contribution in [2.45, 2.75) is 25.9 Å². The Kier molecular flexibility index (Phi) is 9.61. The number of nitrogens with zero attached hydrogens (tertiary/aromatic N) is 4. The van der Waals surface area contributed by atoms with E-state index >= 15 is 0 Å². The first-order valence-electron chi connectivity index (χ1n) is 7.29. The lowest BCUT2D eigenvalue weighted by molar-refractivity contribution is 0.597. The van der Waals surface area contributed by atoms with E-state index in [-0.39, 0.29) is 24.0 Å². The minimum absolute atomic E-state index is 0. The van der Waals surface area contributed by atoms with Gasteiger partial charge in [-0.2, -0.15) is 0 Å². The maximum Gasteiger partial charge on any atom is 0.191 e. The molecule has 0 bridgehead atoms. The van der Waals surface area contributed by atoms with Gasteiger partial charge in [0, 0.05) is 31.7 Å². The Morgan fingerprint density at radius 3 is 2.70 bits per heavy atom. The van der Waals surface area contributed by atoms with Gasteiger partial charge in [-0.15, -0.1) is 34.2 Å². The predicted molar refractivity (Wildman–Crippen MR) is 104 cm³/mol. The molecule has 8 heteroatoms. The maximum atomic E-state index is 5.97. The number of aromatic nitrogens is 3. The molecule has 0 aliphatic carbocycles. The fourth-order valence-electron chi connectivity index (χ4n) is 2.02. The summed E-state index contributed by atoms with van der Waals surface area (Å²) in [6.07, 6.45) is 5.59. The second kappa shape index (κ2) is 11.2. The van der Waals surface area contributed by atoms with Gasteiger partial charge >= 0.3 is 0 Å². The first-order chi connectivity index (χ1) is 10.8. The fourth-order valence-corrected chi connectivity index (χ4v) is 2.23. The molecule has 0 fully saturated rings. The van der Waals surface area contributed by atoms with E-state index < -0.39 is 0 Å². The third-order valence-electron chi connectivity index (χ3n) is 3.17. The summed E-state index contributed by atoms with van der Waals surface area (Å²) in [4.78, 5) is 4.21. The minimum atomic E-state index is 0. The fraction of sp³-hybridized carbons (Fsp3) is 0.400. The molecule has 0 unspecified atom stereocenters. The molecule has 1 aromatic carbocycles. The zero-order chi connectivity index (χ0) is 15.6. The van der Waals surface area contributed by atoms with Crippen molar-refractivity contribution in [1.82, 2.24) is 25.4 Å². The van der Waals surface area contributed by atoms with Crippen molar-refractivity contribution in [3.63, 3.8) is 0 Å². The smallest absolute Gasteiger partial charge is 0.191 e. The maximum absolute atomic E-state index is 5.97. The predicted octanol–water partition coefficient (Wildman–Crippen LogP) is 2.69. The van der Waals surface area contributed by atoms with Gasteiger partial charge in [0.2, 0.25) is 0 Å². The highest BCUT2D eigenvalue weighted by atomic mass is 127. The summed E-state index contributed by atoms with van der Waals surface area (Å²) < 4.78 is 1.98. The van der Waals surface area contributed by atoms with Gasteiger partial charge in [0.05, 0.1) is 0 Å². The summed E-state index contributed by atoms with van der Waals surface area (Å²) in [7, 11) is 1.77. The largest absolute Gasteiger partial charge is 0.356 e. The van der Waals surface area contributed by atoms with Crippen LogP contribution in [0.1, 0.15) is 18.4 Å². The van der Waals surface area contributed by atoms with Crippen LogP contribution in [0.15, 0.2) is 41.9 Å². The number of halogens is 2. The topological polar surface area (TPSA) is 67.1 Å². The highest BCUT2D eigenvalue weighted by Crippen LogP contribution is 2.10. The average molecular weight is 449 g/mol. The lowest BCUT2D eigenvalue weighted by Gasteiger charge is -2.12. The van der Waals surface area contributed by atoms with Crippen LogP contribution in [0.2, 0.25) is 5.02 Å². The molecule has 0 saturated heterocycles. The van der Waals surface area contributed by atoms with Crippen LogP contribution < -0.4 is 10.6 Å². The van der Waals surface area contributed by atoms with Crippen molar-refractivity contribution >= 4 is 41.5 Å². The number of hydrogen-bond donors (Lipinski definition) is 2. The van der Waals surface area contributed by atoms with Crippen LogP contribution in [0.25, 0.3) is 0 Å². The van der Waals surface area contributed by atoms with Gasteiger partial charge in [0.1, 0.15) is 12.7 Å². The Bertz CT molecular complexity index is 587.